The van der Waals surface area contributed by atoms with Gasteiger partial charge in [-0.3, -0.25) is 4.99 Å². The first-order chi connectivity index (χ1) is 10.2. The zero-order chi connectivity index (χ0) is 15.1. The first kappa shape index (κ1) is 15.8. The molecule has 0 spiro atoms. The maximum Gasteiger partial charge on any atom is 0.193 e. The highest BCUT2D eigenvalue weighted by Crippen LogP contribution is 2.28. The van der Waals surface area contributed by atoms with Crippen LogP contribution in [0.1, 0.15) is 18.4 Å². The Morgan fingerprint density at radius 2 is 2.10 bits per heavy atom. The number of likely N-dealkylation sites (N-methyl/N-ethyl adjacent to an activating group) is 1. The molecule has 116 valence electrons. The molecule has 4 nitrogen and oxygen atoms in total. The third-order valence-corrected chi connectivity index (χ3v) is 3.56. The van der Waals surface area contributed by atoms with Crippen LogP contribution in [0.15, 0.2) is 29.3 Å². The molecule has 0 heterocycles. The van der Waals surface area contributed by atoms with E-state index in [4.69, 9.17) is 4.74 Å². The molecule has 1 fully saturated rings. The van der Waals surface area contributed by atoms with Gasteiger partial charge in [-0.1, -0.05) is 12.1 Å². The van der Waals surface area contributed by atoms with Crippen molar-refractivity contribution >= 4 is 5.96 Å². The number of rotatable bonds is 7. The summed E-state index contributed by atoms with van der Waals surface area (Å²) < 4.78 is 18.5. The number of hydrogen-bond acceptors (Lipinski definition) is 2. The van der Waals surface area contributed by atoms with Gasteiger partial charge in [0.2, 0.25) is 0 Å². The zero-order valence-corrected chi connectivity index (χ0v) is 12.8. The average Bonchev–Trinajstić information content (AvgIpc) is 3.30. The van der Waals surface area contributed by atoms with Gasteiger partial charge in [0.15, 0.2) is 5.96 Å². The molecule has 0 saturated heterocycles. The minimum absolute atomic E-state index is 0.215. The number of benzene rings is 1. The van der Waals surface area contributed by atoms with E-state index in [-0.39, 0.29) is 5.82 Å². The number of nitrogens with zero attached hydrogens (tertiary/aromatic N) is 2. The van der Waals surface area contributed by atoms with Crippen LogP contribution in [0.4, 0.5) is 4.39 Å². The molecule has 0 aliphatic heterocycles. The first-order valence-electron chi connectivity index (χ1n) is 7.43. The van der Waals surface area contributed by atoms with E-state index in [2.05, 4.69) is 10.3 Å². The predicted molar refractivity (Wildman–Crippen MR) is 82.8 cm³/mol. The molecule has 21 heavy (non-hydrogen) atoms. The van der Waals surface area contributed by atoms with Crippen LogP contribution >= 0.6 is 0 Å². The van der Waals surface area contributed by atoms with Crippen LogP contribution in [0.3, 0.4) is 0 Å². The summed E-state index contributed by atoms with van der Waals surface area (Å²) in [7, 11) is 3.75. The lowest BCUT2D eigenvalue weighted by Gasteiger charge is -2.22. The lowest BCUT2D eigenvalue weighted by molar-refractivity contribution is 0.115. The fraction of sp³-hybridized carbons (Fsp3) is 0.562. The van der Waals surface area contributed by atoms with Crippen molar-refractivity contribution in [3.63, 3.8) is 0 Å². The number of nitrogens with one attached hydrogen (secondary N) is 1. The summed E-state index contributed by atoms with van der Waals surface area (Å²) in [5, 5.41) is 3.26. The average molecular weight is 293 g/mol. The number of guanidine groups is 1. The fourth-order valence-corrected chi connectivity index (χ4v) is 2.01. The second-order valence-corrected chi connectivity index (χ2v) is 5.47. The Morgan fingerprint density at radius 3 is 2.71 bits per heavy atom. The third kappa shape index (κ3) is 5.71. The fourth-order valence-electron chi connectivity index (χ4n) is 2.01. The quantitative estimate of drug-likeness (QED) is 0.476. The highest BCUT2D eigenvalue weighted by atomic mass is 19.1. The molecule has 1 aliphatic rings. The molecule has 1 saturated carbocycles. The highest BCUT2D eigenvalue weighted by Gasteiger charge is 2.21. The summed E-state index contributed by atoms with van der Waals surface area (Å²) in [5.41, 5.74) is 1.02. The van der Waals surface area contributed by atoms with Crippen molar-refractivity contribution in [1.29, 1.82) is 0 Å². The van der Waals surface area contributed by atoms with E-state index < -0.39 is 0 Å². The van der Waals surface area contributed by atoms with Crippen LogP contribution in [0.2, 0.25) is 0 Å². The van der Waals surface area contributed by atoms with Crippen molar-refractivity contribution in [3.8, 4) is 0 Å². The molecule has 1 N–H and O–H groups in total. The van der Waals surface area contributed by atoms with Crippen molar-refractivity contribution in [3.05, 3.63) is 35.6 Å². The molecule has 1 aliphatic carbocycles. The molecule has 0 bridgehead atoms. The summed E-state index contributed by atoms with van der Waals surface area (Å²) in [6.45, 7) is 3.02. The van der Waals surface area contributed by atoms with E-state index >= 15 is 0 Å². The Morgan fingerprint density at radius 1 is 1.38 bits per heavy atom. The van der Waals surface area contributed by atoms with Gasteiger partial charge in [-0.2, -0.15) is 0 Å². The molecule has 0 aromatic heterocycles. The summed E-state index contributed by atoms with van der Waals surface area (Å²) >= 11 is 0. The smallest absolute Gasteiger partial charge is 0.193 e. The van der Waals surface area contributed by atoms with Crippen molar-refractivity contribution in [2.24, 2.45) is 10.9 Å². The predicted octanol–water partition coefficient (Wildman–Crippen LogP) is 2.26. The monoisotopic (exact) mass is 293 g/mol. The van der Waals surface area contributed by atoms with Crippen molar-refractivity contribution in [2.45, 2.75) is 19.4 Å². The number of hydrogen-bond donors (Lipinski definition) is 1. The Bertz CT molecular complexity index is 457. The minimum atomic E-state index is -0.215. The van der Waals surface area contributed by atoms with E-state index in [0.717, 1.165) is 30.6 Å². The maximum absolute atomic E-state index is 12.8. The highest BCUT2D eigenvalue weighted by molar-refractivity contribution is 5.79. The molecule has 5 heteroatoms. The molecule has 0 radical (unpaired) electrons. The van der Waals surface area contributed by atoms with Crippen LogP contribution < -0.4 is 5.32 Å². The summed E-state index contributed by atoms with van der Waals surface area (Å²) in [5.74, 6) is 1.40. The van der Waals surface area contributed by atoms with E-state index in [9.17, 15) is 4.39 Å². The van der Waals surface area contributed by atoms with Crippen molar-refractivity contribution in [1.82, 2.24) is 10.2 Å². The maximum atomic E-state index is 12.8. The lowest BCUT2D eigenvalue weighted by atomic mass is 10.2. The first-order valence-corrected chi connectivity index (χ1v) is 7.43. The molecule has 0 atom stereocenters. The van der Waals surface area contributed by atoms with Crippen LogP contribution in [0, 0.1) is 11.7 Å². The standard InChI is InChI=1S/C16H24FN3O/c1-18-16(19-11-13-5-7-15(17)8-6-13)20(2)9-10-21-12-14-3-4-14/h5-8,14H,3-4,9-12H2,1-2H3,(H,18,19). The van der Waals surface area contributed by atoms with Gasteiger partial charge in [-0.15, -0.1) is 0 Å². The van der Waals surface area contributed by atoms with Gasteiger partial charge < -0.3 is 15.0 Å². The molecule has 0 amide bonds. The molecule has 1 aromatic carbocycles. The molecular formula is C16H24FN3O. The second-order valence-electron chi connectivity index (χ2n) is 5.47. The molecule has 1 aromatic rings. The minimum Gasteiger partial charge on any atom is -0.379 e. The molecule has 0 unspecified atom stereocenters. The summed E-state index contributed by atoms with van der Waals surface area (Å²) in [6, 6.07) is 6.48. The third-order valence-electron chi connectivity index (χ3n) is 3.56. The van der Waals surface area contributed by atoms with Crippen molar-refractivity contribution in [2.75, 3.05) is 33.9 Å². The van der Waals surface area contributed by atoms with Gasteiger partial charge in [-0.25, -0.2) is 4.39 Å². The zero-order valence-electron chi connectivity index (χ0n) is 12.8. The molecule has 2 rings (SSSR count). The number of aliphatic imine (C=N–C) groups is 1. The Kier molecular flexibility index (Phi) is 5.99. The Labute approximate surface area is 126 Å². The van der Waals surface area contributed by atoms with Gasteiger partial charge >= 0.3 is 0 Å². The van der Waals surface area contributed by atoms with Gasteiger partial charge in [0.1, 0.15) is 5.82 Å². The lowest BCUT2D eigenvalue weighted by Crippen LogP contribution is -2.40. The Hall–Kier alpha value is -1.62. The van der Waals surface area contributed by atoms with E-state index in [1.54, 1.807) is 19.2 Å². The SMILES string of the molecule is CN=C(NCc1ccc(F)cc1)N(C)CCOCC1CC1. The van der Waals surface area contributed by atoms with E-state index in [1.165, 1.54) is 25.0 Å². The van der Waals surface area contributed by atoms with Gasteiger partial charge in [-0.05, 0) is 36.5 Å². The van der Waals surface area contributed by atoms with Crippen LogP contribution in [0.25, 0.3) is 0 Å². The van der Waals surface area contributed by atoms with Gasteiger partial charge in [0.05, 0.1) is 6.61 Å². The molecular weight excluding hydrogens is 269 g/mol. The van der Waals surface area contributed by atoms with Crippen LogP contribution in [-0.2, 0) is 11.3 Å². The van der Waals surface area contributed by atoms with Gasteiger partial charge in [0.25, 0.3) is 0 Å². The Balaban J connectivity index is 1.69. The van der Waals surface area contributed by atoms with Crippen molar-refractivity contribution < 1.29 is 9.13 Å². The number of ether oxygens (including phenoxy) is 1. The van der Waals surface area contributed by atoms with E-state index in [1.807, 2.05) is 11.9 Å². The van der Waals surface area contributed by atoms with Crippen LogP contribution in [-0.4, -0.2) is 44.7 Å². The topological polar surface area (TPSA) is 36.9 Å². The van der Waals surface area contributed by atoms with Gasteiger partial charge in [0, 0.05) is 33.8 Å². The summed E-state index contributed by atoms with van der Waals surface area (Å²) in [4.78, 5) is 6.29. The second kappa shape index (κ2) is 7.98. The number of halogens is 1. The normalized spacial score (nSPS) is 15.1. The van der Waals surface area contributed by atoms with E-state index in [0.29, 0.717) is 13.2 Å². The largest absolute Gasteiger partial charge is 0.379 e. The summed E-state index contributed by atoms with van der Waals surface area (Å²) in [6.07, 6.45) is 2.63. The van der Waals surface area contributed by atoms with Crippen LogP contribution in [0.5, 0.6) is 0 Å².